The lowest BCUT2D eigenvalue weighted by Crippen LogP contribution is -2.16. The van der Waals surface area contributed by atoms with Gasteiger partial charge < -0.3 is 9.88 Å². The lowest BCUT2D eigenvalue weighted by Gasteiger charge is -2.15. The Balaban J connectivity index is 1.75. The SMILES string of the molecule is Cc1cn(-c2ccc(NC(=O)C=Cc3ccc(S(=O)C(F)(F)F)cc3)cc2C(F)(F)F)cn1. The molecule has 1 N–H and O–H groups in total. The summed E-state index contributed by atoms with van der Waals surface area (Å²) < 4.78 is 90.6. The van der Waals surface area contributed by atoms with Gasteiger partial charge in [-0.15, -0.1) is 0 Å². The van der Waals surface area contributed by atoms with E-state index in [0.717, 1.165) is 24.3 Å². The summed E-state index contributed by atoms with van der Waals surface area (Å²) in [6.07, 6.45) is 0.249. The number of imidazole rings is 1. The normalized spacial score (nSPS) is 13.3. The average Bonchev–Trinajstić information content (AvgIpc) is 3.17. The van der Waals surface area contributed by atoms with Crippen molar-refractivity contribution in [1.29, 1.82) is 0 Å². The maximum atomic E-state index is 13.5. The molecular weight excluding hydrogens is 472 g/mol. The first kappa shape index (κ1) is 24.2. The summed E-state index contributed by atoms with van der Waals surface area (Å²) in [5.41, 5.74) is -5.27. The van der Waals surface area contributed by atoms with Crippen LogP contribution in [0.1, 0.15) is 16.8 Å². The van der Waals surface area contributed by atoms with Crippen molar-refractivity contribution in [3.8, 4) is 5.69 Å². The Hall–Kier alpha value is -3.41. The van der Waals surface area contributed by atoms with Crippen LogP contribution in [0.4, 0.5) is 32.0 Å². The molecule has 0 aliphatic heterocycles. The first-order chi connectivity index (χ1) is 15.3. The Morgan fingerprint density at radius 1 is 1.06 bits per heavy atom. The molecule has 33 heavy (non-hydrogen) atoms. The maximum absolute atomic E-state index is 13.5. The van der Waals surface area contributed by atoms with Crippen LogP contribution in [0.3, 0.4) is 0 Å². The molecule has 3 rings (SSSR count). The molecule has 0 saturated carbocycles. The van der Waals surface area contributed by atoms with E-state index >= 15 is 0 Å². The van der Waals surface area contributed by atoms with E-state index in [4.69, 9.17) is 0 Å². The van der Waals surface area contributed by atoms with Crippen molar-refractivity contribution in [2.75, 3.05) is 5.32 Å². The van der Waals surface area contributed by atoms with E-state index in [-0.39, 0.29) is 11.4 Å². The van der Waals surface area contributed by atoms with E-state index < -0.39 is 38.9 Å². The van der Waals surface area contributed by atoms with Crippen molar-refractivity contribution in [1.82, 2.24) is 9.55 Å². The summed E-state index contributed by atoms with van der Waals surface area (Å²) in [4.78, 5) is 15.6. The van der Waals surface area contributed by atoms with Gasteiger partial charge >= 0.3 is 11.7 Å². The third-order valence-corrected chi connectivity index (χ3v) is 5.41. The van der Waals surface area contributed by atoms with Crippen LogP contribution in [-0.4, -0.2) is 25.2 Å². The highest BCUT2D eigenvalue weighted by molar-refractivity contribution is 7.86. The van der Waals surface area contributed by atoms with Gasteiger partial charge in [0.05, 0.1) is 23.3 Å². The predicted octanol–water partition coefficient (Wildman–Crippen LogP) is 5.48. The third-order valence-electron chi connectivity index (χ3n) is 4.29. The Morgan fingerprint density at radius 3 is 2.27 bits per heavy atom. The van der Waals surface area contributed by atoms with E-state index in [2.05, 4.69) is 10.3 Å². The number of nitrogens with zero attached hydrogens (tertiary/aromatic N) is 2. The molecule has 174 valence electrons. The van der Waals surface area contributed by atoms with Crippen molar-refractivity contribution in [3.63, 3.8) is 0 Å². The predicted molar refractivity (Wildman–Crippen MR) is 110 cm³/mol. The minimum atomic E-state index is -4.89. The number of halogens is 6. The highest BCUT2D eigenvalue weighted by Gasteiger charge is 2.38. The number of aromatic nitrogens is 2. The zero-order valence-electron chi connectivity index (χ0n) is 16.7. The molecule has 0 bridgehead atoms. The summed E-state index contributed by atoms with van der Waals surface area (Å²) in [5.74, 6) is -0.753. The molecule has 3 aromatic rings. The first-order valence-electron chi connectivity index (χ1n) is 9.14. The molecule has 0 aliphatic carbocycles. The molecule has 5 nitrogen and oxygen atoms in total. The fraction of sp³-hybridized carbons (Fsp3) is 0.143. The first-order valence-corrected chi connectivity index (χ1v) is 10.3. The smallest absolute Gasteiger partial charge is 0.322 e. The lowest BCUT2D eigenvalue weighted by molar-refractivity contribution is -0.137. The Bertz CT molecular complexity index is 1210. The molecule has 1 heterocycles. The number of benzene rings is 2. The van der Waals surface area contributed by atoms with E-state index in [1.807, 2.05) is 0 Å². The number of carbonyl (C=O) groups excluding carboxylic acids is 1. The Kier molecular flexibility index (Phi) is 6.77. The quantitative estimate of drug-likeness (QED) is 0.383. The van der Waals surface area contributed by atoms with Gasteiger partial charge in [0, 0.05) is 22.9 Å². The van der Waals surface area contributed by atoms with Crippen molar-refractivity contribution in [2.45, 2.75) is 23.5 Å². The van der Waals surface area contributed by atoms with Crippen molar-refractivity contribution >= 4 is 28.5 Å². The molecule has 0 saturated heterocycles. The van der Waals surface area contributed by atoms with Crippen LogP contribution in [0.25, 0.3) is 11.8 Å². The molecular formula is C21H15F6N3O2S. The molecule has 0 spiro atoms. The van der Waals surface area contributed by atoms with Gasteiger partial charge in [-0.25, -0.2) is 9.19 Å². The highest BCUT2D eigenvalue weighted by atomic mass is 32.2. The highest BCUT2D eigenvalue weighted by Crippen LogP contribution is 2.35. The number of amides is 1. The van der Waals surface area contributed by atoms with Crippen LogP contribution in [0.2, 0.25) is 0 Å². The molecule has 2 aromatic carbocycles. The largest absolute Gasteiger partial charge is 0.475 e. The van der Waals surface area contributed by atoms with Crippen LogP contribution in [0.15, 0.2) is 66.0 Å². The molecule has 1 unspecified atom stereocenters. The van der Waals surface area contributed by atoms with Crippen LogP contribution in [0.5, 0.6) is 0 Å². The minimum Gasteiger partial charge on any atom is -0.322 e. The molecule has 1 amide bonds. The van der Waals surface area contributed by atoms with Crippen LogP contribution >= 0.6 is 0 Å². The zero-order valence-corrected chi connectivity index (χ0v) is 17.6. The second-order valence-corrected chi connectivity index (χ2v) is 8.23. The second-order valence-electron chi connectivity index (χ2n) is 6.76. The van der Waals surface area contributed by atoms with Gasteiger partial charge in [-0.2, -0.15) is 26.3 Å². The Morgan fingerprint density at radius 2 is 1.73 bits per heavy atom. The van der Waals surface area contributed by atoms with E-state index in [1.54, 1.807) is 6.92 Å². The van der Waals surface area contributed by atoms with Crippen LogP contribution in [0, 0.1) is 6.92 Å². The van der Waals surface area contributed by atoms with E-state index in [9.17, 15) is 35.3 Å². The fourth-order valence-corrected chi connectivity index (χ4v) is 3.46. The lowest BCUT2D eigenvalue weighted by atomic mass is 10.1. The minimum absolute atomic E-state index is 0.103. The second kappa shape index (κ2) is 9.22. The number of carbonyl (C=O) groups is 1. The molecule has 0 aliphatic rings. The van der Waals surface area contributed by atoms with Crippen molar-refractivity contribution < 1.29 is 35.3 Å². The van der Waals surface area contributed by atoms with Crippen molar-refractivity contribution in [2.24, 2.45) is 0 Å². The summed E-state index contributed by atoms with van der Waals surface area (Å²) in [6, 6.07) is 7.76. The maximum Gasteiger partial charge on any atom is 0.475 e. The number of anilines is 1. The monoisotopic (exact) mass is 487 g/mol. The third kappa shape index (κ3) is 6.09. The zero-order chi connectivity index (χ0) is 24.4. The van der Waals surface area contributed by atoms with Gasteiger partial charge in [-0.05, 0) is 48.9 Å². The van der Waals surface area contributed by atoms with Crippen LogP contribution in [-0.2, 0) is 21.8 Å². The van der Waals surface area contributed by atoms with Gasteiger partial charge in [0.1, 0.15) is 0 Å². The molecule has 1 atom stereocenters. The molecule has 1 aromatic heterocycles. The fourth-order valence-electron chi connectivity index (χ4n) is 2.81. The standard InChI is InChI=1S/C21H15F6N3O2S/c1-13-11-30(12-28-13)18-8-5-15(10-17(18)20(22,23)24)29-19(31)9-4-14-2-6-16(7-3-14)33(32)21(25,26)27/h2-12H,1H3,(H,29,31). The van der Waals surface area contributed by atoms with Gasteiger partial charge in [0.15, 0.2) is 10.8 Å². The van der Waals surface area contributed by atoms with Gasteiger partial charge in [0.25, 0.3) is 0 Å². The summed E-state index contributed by atoms with van der Waals surface area (Å²) >= 11 is 0. The number of aryl methyl sites for hydroxylation is 1. The number of hydrogen-bond donors (Lipinski definition) is 1. The summed E-state index contributed by atoms with van der Waals surface area (Å²) in [6.45, 7) is 1.63. The molecule has 12 heteroatoms. The summed E-state index contributed by atoms with van der Waals surface area (Å²) in [5, 5.41) is 2.31. The van der Waals surface area contributed by atoms with Gasteiger partial charge in [0.2, 0.25) is 5.91 Å². The molecule has 0 fully saturated rings. The number of hydrogen-bond acceptors (Lipinski definition) is 3. The van der Waals surface area contributed by atoms with Crippen molar-refractivity contribution in [3.05, 3.63) is 77.9 Å². The average molecular weight is 487 g/mol. The number of alkyl halides is 6. The topological polar surface area (TPSA) is 64.0 Å². The number of nitrogens with one attached hydrogen (secondary N) is 1. The number of rotatable bonds is 5. The van der Waals surface area contributed by atoms with Gasteiger partial charge in [-0.3, -0.25) is 4.79 Å². The summed E-state index contributed by atoms with van der Waals surface area (Å²) in [7, 11) is -3.17. The van der Waals surface area contributed by atoms with Crippen LogP contribution < -0.4 is 5.32 Å². The van der Waals surface area contributed by atoms with E-state index in [0.29, 0.717) is 11.3 Å². The Labute approximate surface area is 186 Å². The van der Waals surface area contributed by atoms with E-state index in [1.165, 1.54) is 47.4 Å². The molecule has 0 radical (unpaired) electrons. The van der Waals surface area contributed by atoms with Gasteiger partial charge in [-0.1, -0.05) is 12.1 Å².